The molecule has 1 saturated heterocycles. The third kappa shape index (κ3) is 4.18. The van der Waals surface area contributed by atoms with E-state index in [0.29, 0.717) is 42.8 Å². The lowest BCUT2D eigenvalue weighted by Crippen LogP contribution is -2.36. The summed E-state index contributed by atoms with van der Waals surface area (Å²) in [6.07, 6.45) is 0. The Hall–Kier alpha value is -1.96. The first-order valence-corrected chi connectivity index (χ1v) is 9.65. The fourth-order valence-electron chi connectivity index (χ4n) is 2.63. The number of benzene rings is 2. The fraction of sp³-hybridized carbons (Fsp3) is 0.294. The van der Waals surface area contributed by atoms with Crippen LogP contribution < -0.4 is 14.4 Å². The molecule has 6 nitrogen and oxygen atoms in total. The van der Waals surface area contributed by atoms with Gasteiger partial charge in [-0.25, -0.2) is 8.42 Å². The molecule has 1 aliphatic heterocycles. The molecule has 25 heavy (non-hydrogen) atoms. The van der Waals surface area contributed by atoms with Gasteiger partial charge in [-0.2, -0.15) is 0 Å². The van der Waals surface area contributed by atoms with Crippen LogP contribution in [0.1, 0.15) is 0 Å². The minimum atomic E-state index is -3.74. The Labute approximate surface area is 152 Å². The summed E-state index contributed by atoms with van der Waals surface area (Å²) in [5.41, 5.74) is 1.23. The first-order chi connectivity index (χ1) is 12.0. The molecule has 0 aromatic heterocycles. The maximum Gasteiger partial charge on any atom is 0.261 e. The molecule has 3 rings (SSSR count). The summed E-state index contributed by atoms with van der Waals surface area (Å²) in [6.45, 7) is 2.60. The number of nitrogens with zero attached hydrogens (tertiary/aromatic N) is 1. The van der Waals surface area contributed by atoms with Gasteiger partial charge in [-0.15, -0.1) is 0 Å². The lowest BCUT2D eigenvalue weighted by atomic mass is 10.2. The van der Waals surface area contributed by atoms with Crippen LogP contribution in [-0.2, 0) is 14.8 Å². The highest BCUT2D eigenvalue weighted by Gasteiger charge is 2.20. The van der Waals surface area contributed by atoms with E-state index in [9.17, 15) is 8.42 Å². The van der Waals surface area contributed by atoms with Gasteiger partial charge in [0.05, 0.1) is 36.6 Å². The van der Waals surface area contributed by atoms with Gasteiger partial charge in [0.1, 0.15) is 5.75 Å². The van der Waals surface area contributed by atoms with E-state index < -0.39 is 10.0 Å². The summed E-state index contributed by atoms with van der Waals surface area (Å²) in [4.78, 5) is 2.23. The van der Waals surface area contributed by atoms with Crippen LogP contribution in [0.5, 0.6) is 5.75 Å². The highest BCUT2D eigenvalue weighted by Crippen LogP contribution is 2.31. The quantitative estimate of drug-likeness (QED) is 0.861. The number of ether oxygens (including phenoxy) is 2. The van der Waals surface area contributed by atoms with Gasteiger partial charge in [-0.1, -0.05) is 11.6 Å². The normalized spacial score (nSPS) is 15.0. The Morgan fingerprint density at radius 3 is 2.44 bits per heavy atom. The van der Waals surface area contributed by atoms with Crippen molar-refractivity contribution in [2.45, 2.75) is 4.90 Å². The number of rotatable bonds is 5. The first kappa shape index (κ1) is 17.8. The Balaban J connectivity index is 1.91. The maximum atomic E-state index is 12.7. The number of methoxy groups -OCH3 is 1. The van der Waals surface area contributed by atoms with E-state index in [1.807, 2.05) is 6.07 Å². The van der Waals surface area contributed by atoms with Crippen LogP contribution >= 0.6 is 11.6 Å². The molecule has 8 heteroatoms. The summed E-state index contributed by atoms with van der Waals surface area (Å²) < 4.78 is 38.5. The fourth-order valence-corrected chi connectivity index (χ4v) is 3.87. The number of hydrogen-bond donors (Lipinski definition) is 1. The molecule has 1 N–H and O–H groups in total. The Morgan fingerprint density at radius 1 is 1.12 bits per heavy atom. The van der Waals surface area contributed by atoms with Crippen molar-refractivity contribution in [2.75, 3.05) is 43.0 Å². The van der Waals surface area contributed by atoms with E-state index in [2.05, 4.69) is 9.62 Å². The Morgan fingerprint density at radius 2 is 1.80 bits per heavy atom. The molecule has 0 unspecified atom stereocenters. The third-order valence-electron chi connectivity index (χ3n) is 3.92. The molecule has 0 saturated carbocycles. The minimum absolute atomic E-state index is 0.154. The lowest BCUT2D eigenvalue weighted by Gasteiger charge is -2.30. The van der Waals surface area contributed by atoms with E-state index in [0.717, 1.165) is 5.69 Å². The number of hydrogen-bond acceptors (Lipinski definition) is 5. The number of morpholine rings is 1. The van der Waals surface area contributed by atoms with Crippen molar-refractivity contribution in [3.8, 4) is 5.75 Å². The smallest absolute Gasteiger partial charge is 0.261 e. The molecule has 0 atom stereocenters. The molecule has 0 amide bonds. The summed E-state index contributed by atoms with van der Waals surface area (Å²) in [6, 6.07) is 11.4. The molecule has 1 fully saturated rings. The average molecular weight is 383 g/mol. The second-order valence-corrected chi connectivity index (χ2v) is 7.66. The predicted molar refractivity (Wildman–Crippen MR) is 98.3 cm³/mol. The zero-order chi connectivity index (χ0) is 17.9. The molecule has 0 radical (unpaired) electrons. The summed E-state index contributed by atoms with van der Waals surface area (Å²) >= 11 is 6.08. The van der Waals surface area contributed by atoms with Crippen LogP contribution in [0.25, 0.3) is 0 Å². The predicted octanol–water partition coefficient (Wildman–Crippen LogP) is 2.99. The molecule has 0 spiro atoms. The van der Waals surface area contributed by atoms with E-state index in [1.165, 1.54) is 19.2 Å². The van der Waals surface area contributed by atoms with Gasteiger partial charge < -0.3 is 14.4 Å². The second kappa shape index (κ2) is 7.51. The molecule has 134 valence electrons. The standard InChI is InChI=1S/C17H19ClN2O4S/c1-23-14-3-5-15(6-4-14)25(21,22)19-16-12-13(18)2-7-17(16)20-8-10-24-11-9-20/h2-7,12,19H,8-11H2,1H3. The summed E-state index contributed by atoms with van der Waals surface area (Å²) in [5, 5.41) is 0.462. The Kier molecular flexibility index (Phi) is 5.36. The molecular formula is C17H19ClN2O4S. The van der Waals surface area contributed by atoms with Crippen molar-refractivity contribution in [1.82, 2.24) is 0 Å². The van der Waals surface area contributed by atoms with Crippen molar-refractivity contribution in [3.05, 3.63) is 47.5 Å². The molecular weight excluding hydrogens is 364 g/mol. The Bertz CT molecular complexity index is 834. The number of nitrogens with one attached hydrogen (secondary N) is 1. The molecule has 1 heterocycles. The van der Waals surface area contributed by atoms with E-state index >= 15 is 0 Å². The number of anilines is 2. The van der Waals surface area contributed by atoms with Crippen LogP contribution in [0.2, 0.25) is 5.02 Å². The SMILES string of the molecule is COc1ccc(S(=O)(=O)Nc2cc(Cl)ccc2N2CCOCC2)cc1. The largest absolute Gasteiger partial charge is 0.497 e. The minimum Gasteiger partial charge on any atom is -0.497 e. The summed E-state index contributed by atoms with van der Waals surface area (Å²) in [5.74, 6) is 0.593. The zero-order valence-electron chi connectivity index (χ0n) is 13.7. The van der Waals surface area contributed by atoms with Gasteiger partial charge >= 0.3 is 0 Å². The zero-order valence-corrected chi connectivity index (χ0v) is 15.3. The van der Waals surface area contributed by atoms with Gasteiger partial charge in [0.15, 0.2) is 0 Å². The lowest BCUT2D eigenvalue weighted by molar-refractivity contribution is 0.123. The van der Waals surface area contributed by atoms with Gasteiger partial charge in [0, 0.05) is 18.1 Å². The van der Waals surface area contributed by atoms with Crippen LogP contribution in [0.15, 0.2) is 47.4 Å². The van der Waals surface area contributed by atoms with Crippen molar-refractivity contribution in [3.63, 3.8) is 0 Å². The number of sulfonamides is 1. The molecule has 0 bridgehead atoms. The third-order valence-corrected chi connectivity index (χ3v) is 5.54. The highest BCUT2D eigenvalue weighted by molar-refractivity contribution is 7.92. The van der Waals surface area contributed by atoms with E-state index in [-0.39, 0.29) is 4.90 Å². The second-order valence-electron chi connectivity index (χ2n) is 5.54. The van der Waals surface area contributed by atoms with Crippen LogP contribution in [0, 0.1) is 0 Å². The first-order valence-electron chi connectivity index (χ1n) is 7.79. The molecule has 2 aromatic carbocycles. The molecule has 2 aromatic rings. The van der Waals surface area contributed by atoms with Crippen molar-refractivity contribution < 1.29 is 17.9 Å². The maximum absolute atomic E-state index is 12.7. The van der Waals surface area contributed by atoms with Crippen LogP contribution in [-0.4, -0.2) is 41.8 Å². The monoisotopic (exact) mass is 382 g/mol. The molecule has 0 aliphatic carbocycles. The van der Waals surface area contributed by atoms with Crippen LogP contribution in [0.3, 0.4) is 0 Å². The topological polar surface area (TPSA) is 67.9 Å². The van der Waals surface area contributed by atoms with Gasteiger partial charge in [-0.3, -0.25) is 4.72 Å². The average Bonchev–Trinajstić information content (AvgIpc) is 2.62. The van der Waals surface area contributed by atoms with Gasteiger partial charge in [-0.05, 0) is 42.5 Å². The van der Waals surface area contributed by atoms with Crippen molar-refractivity contribution >= 4 is 33.0 Å². The summed E-state index contributed by atoms with van der Waals surface area (Å²) in [7, 11) is -2.21. The molecule has 1 aliphatic rings. The van der Waals surface area contributed by atoms with Crippen molar-refractivity contribution in [1.29, 1.82) is 0 Å². The van der Waals surface area contributed by atoms with Crippen molar-refractivity contribution in [2.24, 2.45) is 0 Å². The van der Waals surface area contributed by atoms with Gasteiger partial charge in [0.25, 0.3) is 10.0 Å². The van der Waals surface area contributed by atoms with Crippen LogP contribution in [0.4, 0.5) is 11.4 Å². The van der Waals surface area contributed by atoms with E-state index in [4.69, 9.17) is 21.1 Å². The van der Waals surface area contributed by atoms with Gasteiger partial charge in [0.2, 0.25) is 0 Å². The number of halogens is 1. The van der Waals surface area contributed by atoms with E-state index in [1.54, 1.807) is 24.3 Å². The highest BCUT2D eigenvalue weighted by atomic mass is 35.5.